The van der Waals surface area contributed by atoms with Crippen molar-refractivity contribution in [3.63, 3.8) is 0 Å². The standard InChI is InChI=1S/C14H18N2O3/c1-8-10(14(17)18)4-5-12(15-8)16-11-6-7-19-13(11)9-2-3-9/h4-5,9,11,13H,2-3,6-7H2,1H3,(H,15,16)(H,17,18). The fraction of sp³-hybridized carbons (Fsp3) is 0.571. The number of nitrogens with zero attached hydrogens (tertiary/aromatic N) is 1. The third-order valence-corrected chi connectivity index (χ3v) is 3.87. The lowest BCUT2D eigenvalue weighted by Gasteiger charge is -2.20. The van der Waals surface area contributed by atoms with Gasteiger partial charge in [0, 0.05) is 6.61 Å². The van der Waals surface area contributed by atoms with Crippen molar-refractivity contribution in [2.45, 2.75) is 38.3 Å². The van der Waals surface area contributed by atoms with Crippen LogP contribution in [0.15, 0.2) is 12.1 Å². The number of aromatic nitrogens is 1. The number of anilines is 1. The zero-order valence-corrected chi connectivity index (χ0v) is 10.9. The van der Waals surface area contributed by atoms with Crippen molar-refractivity contribution in [2.24, 2.45) is 5.92 Å². The van der Waals surface area contributed by atoms with E-state index >= 15 is 0 Å². The summed E-state index contributed by atoms with van der Waals surface area (Å²) in [6, 6.07) is 3.64. The van der Waals surface area contributed by atoms with Gasteiger partial charge in [0.25, 0.3) is 0 Å². The summed E-state index contributed by atoms with van der Waals surface area (Å²) in [6.07, 6.45) is 3.80. The molecule has 2 aliphatic rings. The molecule has 102 valence electrons. The van der Waals surface area contributed by atoms with Gasteiger partial charge in [-0.25, -0.2) is 9.78 Å². The summed E-state index contributed by atoms with van der Waals surface area (Å²) in [5.41, 5.74) is 0.798. The van der Waals surface area contributed by atoms with E-state index in [1.807, 2.05) is 0 Å². The second-order valence-electron chi connectivity index (χ2n) is 5.35. The Morgan fingerprint density at radius 3 is 2.84 bits per heavy atom. The molecule has 5 heteroatoms. The first-order valence-corrected chi connectivity index (χ1v) is 6.74. The summed E-state index contributed by atoms with van der Waals surface area (Å²) in [7, 11) is 0. The van der Waals surface area contributed by atoms with Crippen LogP contribution in [0.1, 0.15) is 35.3 Å². The number of rotatable bonds is 4. The van der Waals surface area contributed by atoms with Gasteiger partial charge in [0.1, 0.15) is 5.82 Å². The summed E-state index contributed by atoms with van der Waals surface area (Å²) in [6.45, 7) is 2.52. The lowest BCUT2D eigenvalue weighted by molar-refractivity contribution is 0.0695. The molecule has 1 aromatic rings. The van der Waals surface area contributed by atoms with E-state index in [2.05, 4.69) is 10.3 Å². The molecule has 1 saturated heterocycles. The third-order valence-electron chi connectivity index (χ3n) is 3.87. The Labute approximate surface area is 112 Å². The van der Waals surface area contributed by atoms with Crippen LogP contribution in [0.5, 0.6) is 0 Å². The molecule has 0 aromatic carbocycles. The van der Waals surface area contributed by atoms with Crippen molar-refractivity contribution < 1.29 is 14.6 Å². The summed E-state index contributed by atoms with van der Waals surface area (Å²) >= 11 is 0. The van der Waals surface area contributed by atoms with E-state index in [1.54, 1.807) is 19.1 Å². The average Bonchev–Trinajstić information content (AvgIpc) is 3.10. The van der Waals surface area contributed by atoms with Gasteiger partial charge >= 0.3 is 5.97 Å². The van der Waals surface area contributed by atoms with E-state index < -0.39 is 5.97 Å². The van der Waals surface area contributed by atoms with Crippen molar-refractivity contribution in [1.29, 1.82) is 0 Å². The molecule has 2 atom stereocenters. The zero-order chi connectivity index (χ0) is 13.4. The maximum Gasteiger partial charge on any atom is 0.337 e. The van der Waals surface area contributed by atoms with E-state index in [9.17, 15) is 4.79 Å². The highest BCUT2D eigenvalue weighted by atomic mass is 16.5. The van der Waals surface area contributed by atoms with Crippen molar-refractivity contribution >= 4 is 11.8 Å². The Morgan fingerprint density at radius 1 is 1.42 bits per heavy atom. The van der Waals surface area contributed by atoms with Crippen molar-refractivity contribution in [3.05, 3.63) is 23.4 Å². The Balaban J connectivity index is 1.72. The molecule has 2 N–H and O–H groups in total. The minimum Gasteiger partial charge on any atom is -0.478 e. The number of aromatic carboxylic acids is 1. The maximum atomic E-state index is 10.9. The van der Waals surface area contributed by atoms with Crippen LogP contribution in [-0.2, 0) is 4.74 Å². The normalized spacial score (nSPS) is 26.4. The van der Waals surface area contributed by atoms with E-state index in [-0.39, 0.29) is 5.56 Å². The van der Waals surface area contributed by atoms with Crippen LogP contribution in [0, 0.1) is 12.8 Å². The molecular formula is C14H18N2O3. The molecular weight excluding hydrogens is 244 g/mol. The van der Waals surface area contributed by atoms with Crippen LogP contribution in [0.2, 0.25) is 0 Å². The van der Waals surface area contributed by atoms with Gasteiger partial charge in [-0.05, 0) is 44.2 Å². The van der Waals surface area contributed by atoms with Crippen molar-refractivity contribution in [2.75, 3.05) is 11.9 Å². The van der Waals surface area contributed by atoms with Gasteiger partial charge in [0.2, 0.25) is 0 Å². The molecule has 0 spiro atoms. The Morgan fingerprint density at radius 2 is 2.21 bits per heavy atom. The van der Waals surface area contributed by atoms with Gasteiger partial charge < -0.3 is 15.2 Å². The van der Waals surface area contributed by atoms with Crippen LogP contribution in [0.4, 0.5) is 5.82 Å². The summed E-state index contributed by atoms with van der Waals surface area (Å²) in [4.78, 5) is 15.3. The second kappa shape index (κ2) is 4.81. The van der Waals surface area contributed by atoms with Gasteiger partial charge in [0.15, 0.2) is 0 Å². The van der Waals surface area contributed by atoms with E-state index in [1.165, 1.54) is 12.8 Å². The number of ether oxygens (including phenoxy) is 1. The molecule has 1 aliphatic heterocycles. The van der Waals surface area contributed by atoms with Gasteiger partial charge in [0.05, 0.1) is 23.4 Å². The first kappa shape index (κ1) is 12.4. The second-order valence-corrected chi connectivity index (χ2v) is 5.35. The molecule has 2 heterocycles. The number of hydrogen-bond donors (Lipinski definition) is 2. The smallest absolute Gasteiger partial charge is 0.337 e. The molecule has 1 aromatic heterocycles. The quantitative estimate of drug-likeness (QED) is 0.869. The minimum atomic E-state index is -0.934. The molecule has 0 radical (unpaired) electrons. The summed E-state index contributed by atoms with van der Waals surface area (Å²) in [5.74, 6) is 0.500. The predicted molar refractivity (Wildman–Crippen MR) is 70.4 cm³/mol. The number of aryl methyl sites for hydroxylation is 1. The Hall–Kier alpha value is -1.62. The molecule has 3 rings (SSSR count). The lowest BCUT2D eigenvalue weighted by atomic mass is 10.1. The van der Waals surface area contributed by atoms with Crippen molar-refractivity contribution in [3.8, 4) is 0 Å². The number of carbonyl (C=O) groups is 1. The molecule has 1 saturated carbocycles. The van der Waals surface area contributed by atoms with Gasteiger partial charge in [-0.3, -0.25) is 0 Å². The van der Waals surface area contributed by atoms with Gasteiger partial charge in [-0.15, -0.1) is 0 Å². The first-order chi connectivity index (χ1) is 9.15. The summed E-state index contributed by atoms with van der Waals surface area (Å²) < 4.78 is 5.77. The Bertz CT molecular complexity index is 499. The molecule has 19 heavy (non-hydrogen) atoms. The zero-order valence-electron chi connectivity index (χ0n) is 10.9. The predicted octanol–water partition coefficient (Wildman–Crippen LogP) is 2.07. The average molecular weight is 262 g/mol. The molecule has 0 bridgehead atoms. The summed E-state index contributed by atoms with van der Waals surface area (Å²) in [5, 5.41) is 12.4. The van der Waals surface area contributed by atoms with Crippen LogP contribution < -0.4 is 5.32 Å². The van der Waals surface area contributed by atoms with Crippen molar-refractivity contribution in [1.82, 2.24) is 4.98 Å². The lowest BCUT2D eigenvalue weighted by Crippen LogP contribution is -2.31. The minimum absolute atomic E-state index is 0.256. The van der Waals surface area contributed by atoms with Gasteiger partial charge in [-0.2, -0.15) is 0 Å². The number of carboxylic acid groups (broad SMARTS) is 1. The highest BCUT2D eigenvalue weighted by molar-refractivity contribution is 5.89. The molecule has 1 aliphatic carbocycles. The van der Waals surface area contributed by atoms with Crippen LogP contribution in [0.25, 0.3) is 0 Å². The van der Waals surface area contributed by atoms with Crippen LogP contribution in [-0.4, -0.2) is 34.8 Å². The van der Waals surface area contributed by atoms with Crippen LogP contribution in [0.3, 0.4) is 0 Å². The largest absolute Gasteiger partial charge is 0.478 e. The number of nitrogens with one attached hydrogen (secondary N) is 1. The molecule has 0 amide bonds. The highest BCUT2D eigenvalue weighted by Gasteiger charge is 2.40. The Kier molecular flexibility index (Phi) is 3.14. The molecule has 5 nitrogen and oxygen atoms in total. The number of carboxylic acids is 1. The molecule has 2 unspecified atom stereocenters. The van der Waals surface area contributed by atoms with E-state index in [4.69, 9.17) is 9.84 Å². The number of pyridine rings is 1. The van der Waals surface area contributed by atoms with Gasteiger partial charge in [-0.1, -0.05) is 0 Å². The van der Waals surface area contributed by atoms with Crippen LogP contribution >= 0.6 is 0 Å². The monoisotopic (exact) mass is 262 g/mol. The molecule has 2 fully saturated rings. The first-order valence-electron chi connectivity index (χ1n) is 6.74. The number of hydrogen-bond acceptors (Lipinski definition) is 4. The van der Waals surface area contributed by atoms with E-state index in [0.717, 1.165) is 18.8 Å². The fourth-order valence-corrected chi connectivity index (χ4v) is 2.71. The highest BCUT2D eigenvalue weighted by Crippen LogP contribution is 2.39. The fourth-order valence-electron chi connectivity index (χ4n) is 2.71. The topological polar surface area (TPSA) is 71.5 Å². The maximum absolute atomic E-state index is 10.9. The third kappa shape index (κ3) is 2.56. The van der Waals surface area contributed by atoms with E-state index in [0.29, 0.717) is 23.8 Å². The SMILES string of the molecule is Cc1nc(NC2CCOC2C2CC2)ccc1C(=O)O.